The van der Waals surface area contributed by atoms with Crippen molar-refractivity contribution in [3.8, 4) is 0 Å². The van der Waals surface area contributed by atoms with E-state index in [1.54, 1.807) is 6.92 Å². The average Bonchev–Trinajstić information content (AvgIpc) is 2.09. The Bertz CT molecular complexity index is 182. The molecular weight excluding hydrogens is 152 g/mol. The van der Waals surface area contributed by atoms with E-state index < -0.39 is 0 Å². The highest BCUT2D eigenvalue weighted by atomic mass is 32.1. The summed E-state index contributed by atoms with van der Waals surface area (Å²) in [6, 6.07) is -0.725. The van der Waals surface area contributed by atoms with E-state index in [1.807, 2.05) is 0 Å². The van der Waals surface area contributed by atoms with E-state index in [0.29, 0.717) is 0 Å². The Morgan fingerprint density at radius 1 is 1.70 bits per heavy atom. The lowest BCUT2D eigenvalue weighted by atomic mass is 10.3. The molecule has 1 heterocycles. The lowest BCUT2D eigenvalue weighted by molar-refractivity contribution is -0.120. The van der Waals surface area contributed by atoms with Crippen molar-refractivity contribution in [1.29, 1.82) is 0 Å². The van der Waals surface area contributed by atoms with Crippen molar-refractivity contribution in [1.82, 2.24) is 10.2 Å². The standard InChI is InChI=1S/C5H8N2O2S/c1-3-4(8)6-5(9)7(3)2-10/h3,10H,2H2,1H3,(H,6,8,9). The lowest BCUT2D eigenvalue weighted by Crippen LogP contribution is -2.31. The fourth-order valence-corrected chi connectivity index (χ4v) is 1.16. The molecule has 1 aliphatic rings. The molecular formula is C5H8N2O2S. The van der Waals surface area contributed by atoms with Gasteiger partial charge >= 0.3 is 6.03 Å². The molecule has 1 aliphatic heterocycles. The third-order valence-electron chi connectivity index (χ3n) is 1.49. The summed E-state index contributed by atoms with van der Waals surface area (Å²) in [6.45, 7) is 1.66. The molecule has 0 spiro atoms. The van der Waals surface area contributed by atoms with Crippen LogP contribution >= 0.6 is 12.6 Å². The van der Waals surface area contributed by atoms with Crippen LogP contribution in [0.1, 0.15) is 6.92 Å². The molecule has 0 radical (unpaired) electrons. The van der Waals surface area contributed by atoms with E-state index in [1.165, 1.54) is 4.90 Å². The van der Waals surface area contributed by atoms with Crippen molar-refractivity contribution in [2.75, 3.05) is 5.88 Å². The number of carbonyl (C=O) groups is 2. The molecule has 5 heteroatoms. The Morgan fingerprint density at radius 2 is 2.30 bits per heavy atom. The van der Waals surface area contributed by atoms with Gasteiger partial charge in [0.2, 0.25) is 0 Å². The van der Waals surface area contributed by atoms with E-state index in [9.17, 15) is 9.59 Å². The van der Waals surface area contributed by atoms with Gasteiger partial charge in [0.1, 0.15) is 6.04 Å². The smallest absolute Gasteiger partial charge is 0.304 e. The maximum atomic E-state index is 10.8. The molecule has 0 bridgehead atoms. The summed E-state index contributed by atoms with van der Waals surface area (Å²) in [7, 11) is 0. The number of nitrogens with one attached hydrogen (secondary N) is 1. The van der Waals surface area contributed by atoms with Crippen LogP contribution in [0.2, 0.25) is 0 Å². The van der Waals surface area contributed by atoms with Crippen LogP contribution in [0.15, 0.2) is 0 Å². The first-order chi connectivity index (χ1) is 4.66. The third kappa shape index (κ3) is 0.965. The SMILES string of the molecule is CC1C(=O)NC(=O)N1CS. The van der Waals surface area contributed by atoms with Crippen molar-refractivity contribution >= 4 is 24.6 Å². The summed E-state index contributed by atoms with van der Waals surface area (Å²) >= 11 is 3.89. The molecule has 1 atom stereocenters. The molecule has 0 saturated carbocycles. The molecule has 56 valence electrons. The zero-order valence-electron chi connectivity index (χ0n) is 5.50. The second-order valence-electron chi connectivity index (χ2n) is 2.08. The van der Waals surface area contributed by atoms with Gasteiger partial charge in [0, 0.05) is 0 Å². The normalized spacial score (nSPS) is 25.4. The van der Waals surface area contributed by atoms with E-state index >= 15 is 0 Å². The Kier molecular flexibility index (Phi) is 1.85. The maximum absolute atomic E-state index is 10.8. The Hall–Kier alpha value is -0.710. The monoisotopic (exact) mass is 160 g/mol. The number of imide groups is 1. The van der Waals surface area contributed by atoms with Crippen molar-refractivity contribution in [3.63, 3.8) is 0 Å². The molecule has 1 rings (SSSR count). The molecule has 1 fully saturated rings. The number of urea groups is 1. The zero-order valence-corrected chi connectivity index (χ0v) is 6.39. The molecule has 0 aromatic carbocycles. The van der Waals surface area contributed by atoms with E-state index in [2.05, 4.69) is 17.9 Å². The van der Waals surface area contributed by atoms with E-state index in [-0.39, 0.29) is 23.9 Å². The van der Waals surface area contributed by atoms with Crippen LogP contribution in [0.5, 0.6) is 0 Å². The van der Waals surface area contributed by atoms with Gasteiger partial charge in [-0.3, -0.25) is 10.1 Å². The number of rotatable bonds is 1. The Balaban J connectivity index is 2.73. The lowest BCUT2D eigenvalue weighted by Gasteiger charge is -2.13. The highest BCUT2D eigenvalue weighted by Crippen LogP contribution is 2.07. The van der Waals surface area contributed by atoms with Crippen molar-refractivity contribution in [2.45, 2.75) is 13.0 Å². The fraction of sp³-hybridized carbons (Fsp3) is 0.600. The van der Waals surface area contributed by atoms with Crippen LogP contribution in [-0.2, 0) is 4.79 Å². The highest BCUT2D eigenvalue weighted by Gasteiger charge is 2.33. The number of carbonyl (C=O) groups excluding carboxylic acids is 2. The summed E-state index contributed by atoms with van der Waals surface area (Å²) in [4.78, 5) is 22.9. The van der Waals surface area contributed by atoms with Crippen LogP contribution in [0, 0.1) is 0 Å². The molecule has 4 nitrogen and oxygen atoms in total. The van der Waals surface area contributed by atoms with Gasteiger partial charge in [0.05, 0.1) is 5.88 Å². The number of nitrogens with zero attached hydrogens (tertiary/aromatic N) is 1. The van der Waals surface area contributed by atoms with Crippen LogP contribution in [0.25, 0.3) is 0 Å². The van der Waals surface area contributed by atoms with E-state index in [4.69, 9.17) is 0 Å². The fourth-order valence-electron chi connectivity index (χ4n) is 0.786. The topological polar surface area (TPSA) is 49.4 Å². The molecule has 0 aromatic heterocycles. The predicted octanol–water partition coefficient (Wildman–Crippen LogP) is -0.186. The average molecular weight is 160 g/mol. The number of amides is 3. The van der Waals surface area contributed by atoms with Crippen LogP contribution in [0.3, 0.4) is 0 Å². The van der Waals surface area contributed by atoms with Crippen molar-refractivity contribution in [2.24, 2.45) is 0 Å². The van der Waals surface area contributed by atoms with Crippen LogP contribution < -0.4 is 5.32 Å². The summed E-state index contributed by atoms with van der Waals surface area (Å²) in [5.41, 5.74) is 0. The second-order valence-corrected chi connectivity index (χ2v) is 2.36. The molecule has 1 N–H and O–H groups in total. The van der Waals surface area contributed by atoms with Gasteiger partial charge in [-0.15, -0.1) is 0 Å². The van der Waals surface area contributed by atoms with Crippen molar-refractivity contribution < 1.29 is 9.59 Å². The largest absolute Gasteiger partial charge is 0.325 e. The molecule has 0 aliphatic carbocycles. The molecule has 3 amide bonds. The minimum Gasteiger partial charge on any atom is -0.304 e. The number of hydrogen-bond donors (Lipinski definition) is 2. The van der Waals surface area contributed by atoms with E-state index in [0.717, 1.165) is 0 Å². The molecule has 1 unspecified atom stereocenters. The third-order valence-corrected chi connectivity index (χ3v) is 1.80. The van der Waals surface area contributed by atoms with Crippen molar-refractivity contribution in [3.05, 3.63) is 0 Å². The molecule has 1 saturated heterocycles. The van der Waals surface area contributed by atoms with Crippen LogP contribution in [-0.4, -0.2) is 28.8 Å². The summed E-state index contributed by atoms with van der Waals surface area (Å²) in [6.07, 6.45) is 0. The quantitative estimate of drug-likeness (QED) is 0.413. The summed E-state index contributed by atoms with van der Waals surface area (Å²) in [5.74, 6) is 0.0256. The first kappa shape index (κ1) is 7.40. The van der Waals surface area contributed by atoms with Gasteiger partial charge in [0.25, 0.3) is 5.91 Å². The zero-order chi connectivity index (χ0) is 7.72. The maximum Gasteiger partial charge on any atom is 0.325 e. The Morgan fingerprint density at radius 3 is 2.50 bits per heavy atom. The first-order valence-corrected chi connectivity index (χ1v) is 3.52. The first-order valence-electron chi connectivity index (χ1n) is 2.89. The van der Waals surface area contributed by atoms with Gasteiger partial charge in [-0.2, -0.15) is 12.6 Å². The summed E-state index contributed by atoms with van der Waals surface area (Å²) in [5, 5.41) is 2.17. The number of thiol groups is 1. The van der Waals surface area contributed by atoms with Gasteiger partial charge in [-0.1, -0.05) is 0 Å². The van der Waals surface area contributed by atoms with Gasteiger partial charge in [-0.25, -0.2) is 4.79 Å². The summed E-state index contributed by atoms with van der Waals surface area (Å²) < 4.78 is 0. The van der Waals surface area contributed by atoms with Crippen LogP contribution in [0.4, 0.5) is 4.79 Å². The minimum absolute atomic E-state index is 0.251. The highest BCUT2D eigenvalue weighted by molar-refractivity contribution is 7.80. The number of hydrogen-bond acceptors (Lipinski definition) is 3. The van der Waals surface area contributed by atoms with Gasteiger partial charge < -0.3 is 4.90 Å². The van der Waals surface area contributed by atoms with Gasteiger partial charge in [-0.05, 0) is 6.92 Å². The molecule has 10 heavy (non-hydrogen) atoms. The Labute approximate surface area is 64.0 Å². The second kappa shape index (κ2) is 2.49. The molecule has 0 aromatic rings. The minimum atomic E-state index is -0.370. The van der Waals surface area contributed by atoms with Gasteiger partial charge in [0.15, 0.2) is 0 Å². The predicted molar refractivity (Wildman–Crippen MR) is 38.7 cm³/mol.